The van der Waals surface area contributed by atoms with E-state index in [2.05, 4.69) is 6.92 Å². The molecule has 6 heavy (non-hydrogen) atoms. The summed E-state index contributed by atoms with van der Waals surface area (Å²) in [4.78, 5) is 0. The zero-order valence-electron chi connectivity index (χ0n) is 3.13. The summed E-state index contributed by atoms with van der Waals surface area (Å²) >= 11 is 0. The zero-order valence-corrected chi connectivity index (χ0v) is 3.13. The Balaban J connectivity index is 2.99. The Hall–Kier alpha value is -0.150. The van der Waals surface area contributed by atoms with E-state index in [9.17, 15) is 4.39 Å². The first-order chi connectivity index (χ1) is 2.64. The van der Waals surface area contributed by atoms with Gasteiger partial charge < -0.3 is 10.2 Å². The van der Waals surface area contributed by atoms with Crippen LogP contribution >= 0.6 is 0 Å². The van der Waals surface area contributed by atoms with Crippen LogP contribution in [-0.2, 0) is 0 Å². The summed E-state index contributed by atoms with van der Waals surface area (Å²) in [6.45, 7) is 2.77. The lowest BCUT2D eigenvalue weighted by molar-refractivity contribution is -0.0441. The van der Waals surface area contributed by atoms with Crippen molar-refractivity contribution in [1.29, 1.82) is 0 Å². The largest absolute Gasteiger partial charge is 0.388 e. The summed E-state index contributed by atoms with van der Waals surface area (Å²) in [6, 6.07) is 0. The van der Waals surface area contributed by atoms with Crippen molar-refractivity contribution in [2.45, 2.75) is 12.5 Å². The Labute approximate surface area is 35.2 Å². The third-order valence-corrected chi connectivity index (χ3v) is 0.318. The van der Waals surface area contributed by atoms with Crippen molar-refractivity contribution >= 4 is 0 Å². The fourth-order valence-corrected chi connectivity index (χ4v) is 0. The smallest absolute Gasteiger partial charge is 0.222 e. The normalized spacial score (nSPS) is 20.0. The van der Waals surface area contributed by atoms with Crippen LogP contribution in [0.1, 0.15) is 0 Å². The molecule has 0 bridgehead atoms. The summed E-state index contributed by atoms with van der Waals surface area (Å²) in [6.07, 6.45) is -3.71. The van der Waals surface area contributed by atoms with E-state index in [1.165, 1.54) is 0 Å². The molecular formula is C3H6FO2. The second-order valence-corrected chi connectivity index (χ2v) is 0.940. The van der Waals surface area contributed by atoms with E-state index in [-0.39, 0.29) is 0 Å². The average Bonchev–Trinajstić information content (AvgIpc) is 1.36. The van der Waals surface area contributed by atoms with Gasteiger partial charge in [0.1, 0.15) is 6.10 Å². The standard InChI is InChI=1S/C3H6FO2/c1-2(5)3(4)6/h2-3,5-6H,1H2. The molecule has 0 spiro atoms. The third-order valence-electron chi connectivity index (χ3n) is 0.318. The summed E-state index contributed by atoms with van der Waals surface area (Å²) in [5.41, 5.74) is 0. The maximum absolute atomic E-state index is 11.1. The number of hydrogen-bond acceptors (Lipinski definition) is 2. The molecule has 2 unspecified atom stereocenters. The fraction of sp³-hybridized carbons (Fsp3) is 0.667. The van der Waals surface area contributed by atoms with Crippen LogP contribution in [0.3, 0.4) is 0 Å². The molecule has 37 valence electrons. The van der Waals surface area contributed by atoms with Crippen LogP contribution in [0.25, 0.3) is 0 Å². The molecule has 0 rings (SSSR count). The predicted octanol–water partition coefficient (Wildman–Crippen LogP) is -0.531. The third kappa shape index (κ3) is 2.11. The molecule has 3 heteroatoms. The highest BCUT2D eigenvalue weighted by Crippen LogP contribution is 1.88. The first-order valence-corrected chi connectivity index (χ1v) is 1.48. The Morgan fingerprint density at radius 1 is 1.50 bits per heavy atom. The van der Waals surface area contributed by atoms with E-state index < -0.39 is 12.5 Å². The Bertz CT molecular complexity index is 29.8. The highest BCUT2D eigenvalue weighted by Gasteiger charge is 2.05. The van der Waals surface area contributed by atoms with E-state index in [4.69, 9.17) is 10.2 Å². The van der Waals surface area contributed by atoms with Crippen LogP contribution in [0.15, 0.2) is 0 Å². The number of aliphatic hydroxyl groups is 2. The molecule has 2 N–H and O–H groups in total. The van der Waals surface area contributed by atoms with Gasteiger partial charge in [-0.1, -0.05) is 0 Å². The molecule has 0 aromatic rings. The van der Waals surface area contributed by atoms with Crippen molar-refractivity contribution < 1.29 is 14.6 Å². The van der Waals surface area contributed by atoms with Crippen LogP contribution in [-0.4, -0.2) is 22.7 Å². The molecule has 0 saturated carbocycles. The van der Waals surface area contributed by atoms with E-state index in [1.54, 1.807) is 0 Å². The van der Waals surface area contributed by atoms with Crippen molar-refractivity contribution in [3.8, 4) is 0 Å². The predicted molar refractivity (Wildman–Crippen MR) is 18.5 cm³/mol. The van der Waals surface area contributed by atoms with Gasteiger partial charge in [-0.3, -0.25) is 0 Å². The number of rotatable bonds is 1. The van der Waals surface area contributed by atoms with E-state index >= 15 is 0 Å². The van der Waals surface area contributed by atoms with Crippen LogP contribution < -0.4 is 0 Å². The van der Waals surface area contributed by atoms with Crippen LogP contribution in [0, 0.1) is 6.92 Å². The lowest BCUT2D eigenvalue weighted by atomic mass is 10.4. The molecule has 2 nitrogen and oxygen atoms in total. The lowest BCUT2D eigenvalue weighted by Gasteiger charge is -1.99. The van der Waals surface area contributed by atoms with Gasteiger partial charge in [-0.2, -0.15) is 0 Å². The molecule has 0 fully saturated rings. The van der Waals surface area contributed by atoms with Gasteiger partial charge in [-0.25, -0.2) is 4.39 Å². The molecule has 0 saturated heterocycles. The van der Waals surface area contributed by atoms with Crippen molar-refractivity contribution in [3.05, 3.63) is 6.92 Å². The molecule has 0 aromatic heterocycles. The zero-order chi connectivity index (χ0) is 5.15. The second-order valence-electron chi connectivity index (χ2n) is 0.940. The molecule has 2 atom stereocenters. The number of halogens is 1. The summed E-state index contributed by atoms with van der Waals surface area (Å²) in [5, 5.41) is 15.5. The quantitative estimate of drug-likeness (QED) is 0.457. The minimum Gasteiger partial charge on any atom is -0.388 e. The topological polar surface area (TPSA) is 40.5 Å². The van der Waals surface area contributed by atoms with E-state index in [0.29, 0.717) is 0 Å². The van der Waals surface area contributed by atoms with Crippen molar-refractivity contribution in [3.63, 3.8) is 0 Å². The first-order valence-electron chi connectivity index (χ1n) is 1.48. The Morgan fingerprint density at radius 3 is 1.67 bits per heavy atom. The van der Waals surface area contributed by atoms with Gasteiger partial charge in [0.05, 0.1) is 0 Å². The second kappa shape index (κ2) is 2.10. The van der Waals surface area contributed by atoms with E-state index in [1.807, 2.05) is 0 Å². The number of hydrogen-bond donors (Lipinski definition) is 2. The first kappa shape index (κ1) is 5.85. The molecule has 0 aliphatic heterocycles. The summed E-state index contributed by atoms with van der Waals surface area (Å²) in [7, 11) is 0. The Morgan fingerprint density at radius 2 is 1.67 bits per heavy atom. The van der Waals surface area contributed by atoms with Gasteiger partial charge in [0.15, 0.2) is 0 Å². The molecule has 0 heterocycles. The van der Waals surface area contributed by atoms with Crippen LogP contribution in [0.5, 0.6) is 0 Å². The van der Waals surface area contributed by atoms with Crippen molar-refractivity contribution in [2.75, 3.05) is 0 Å². The van der Waals surface area contributed by atoms with Crippen molar-refractivity contribution in [1.82, 2.24) is 0 Å². The van der Waals surface area contributed by atoms with Gasteiger partial charge in [0.25, 0.3) is 0 Å². The maximum atomic E-state index is 11.1. The number of alkyl halides is 1. The summed E-state index contributed by atoms with van der Waals surface area (Å²) < 4.78 is 11.1. The summed E-state index contributed by atoms with van der Waals surface area (Å²) in [5.74, 6) is 0. The molecule has 1 radical (unpaired) electrons. The van der Waals surface area contributed by atoms with Gasteiger partial charge >= 0.3 is 0 Å². The minimum atomic E-state index is -2.20. The molecule has 0 aromatic carbocycles. The number of aliphatic hydroxyl groups excluding tert-OH is 2. The SMILES string of the molecule is [CH2]C(O)C(O)F. The Kier molecular flexibility index (Phi) is 2.05. The van der Waals surface area contributed by atoms with Gasteiger partial charge in [-0.05, 0) is 6.92 Å². The highest BCUT2D eigenvalue weighted by atomic mass is 19.1. The molecular weight excluding hydrogens is 87.0 g/mol. The van der Waals surface area contributed by atoms with E-state index in [0.717, 1.165) is 0 Å². The van der Waals surface area contributed by atoms with Gasteiger partial charge in [0.2, 0.25) is 6.36 Å². The monoisotopic (exact) mass is 93.0 g/mol. The van der Waals surface area contributed by atoms with Gasteiger partial charge in [-0.15, -0.1) is 0 Å². The van der Waals surface area contributed by atoms with Crippen molar-refractivity contribution in [2.24, 2.45) is 0 Å². The fourth-order valence-electron chi connectivity index (χ4n) is 0. The highest BCUT2D eigenvalue weighted by molar-refractivity contribution is 4.56. The van der Waals surface area contributed by atoms with Gasteiger partial charge in [0, 0.05) is 0 Å². The minimum absolute atomic E-state index is 1.51. The lowest BCUT2D eigenvalue weighted by Crippen LogP contribution is -2.16. The van der Waals surface area contributed by atoms with Crippen LogP contribution in [0.4, 0.5) is 4.39 Å². The molecule has 0 aliphatic carbocycles. The average molecular weight is 93.1 g/mol. The molecule has 0 aliphatic rings. The maximum Gasteiger partial charge on any atom is 0.222 e. The molecule has 0 amide bonds. The van der Waals surface area contributed by atoms with Crippen LogP contribution in [0.2, 0.25) is 0 Å².